The molecule has 0 fully saturated rings. The van der Waals surface area contributed by atoms with E-state index < -0.39 is 16.9 Å². The fourth-order valence-corrected chi connectivity index (χ4v) is 4.32. The third-order valence-corrected chi connectivity index (χ3v) is 6.06. The van der Waals surface area contributed by atoms with Crippen LogP contribution in [0.2, 0.25) is 10.0 Å². The van der Waals surface area contributed by atoms with Crippen LogP contribution in [0.3, 0.4) is 0 Å². The van der Waals surface area contributed by atoms with Gasteiger partial charge in [-0.15, -0.1) is 0 Å². The number of ether oxygens (including phenoxy) is 1. The third kappa shape index (κ3) is 5.37. The van der Waals surface area contributed by atoms with Gasteiger partial charge in [0, 0.05) is 17.2 Å². The number of rotatable bonds is 6. The van der Waals surface area contributed by atoms with E-state index in [4.69, 9.17) is 40.2 Å². The number of methoxy groups -OCH3 is 1. The molecule has 0 saturated carbocycles. The molecule has 1 atom stereocenters. The number of nitro benzene ring substituents is 1. The number of thiocarbonyl (C=S) groups is 1. The fraction of sp³-hybridized carbons (Fsp3) is 0.0833. The van der Waals surface area contributed by atoms with Gasteiger partial charge in [-0.1, -0.05) is 35.3 Å². The lowest BCUT2D eigenvalue weighted by Crippen LogP contribution is -2.45. The van der Waals surface area contributed by atoms with Crippen molar-refractivity contribution in [3.8, 4) is 5.75 Å². The van der Waals surface area contributed by atoms with Crippen LogP contribution >= 0.6 is 35.4 Å². The summed E-state index contributed by atoms with van der Waals surface area (Å²) in [6.45, 7) is 0. The molecule has 4 rings (SSSR count). The summed E-state index contributed by atoms with van der Waals surface area (Å²) in [6, 6.07) is 17.0. The number of carbonyl (C=O) groups excluding carboxylic acids is 1. The number of anilines is 1. The Morgan fingerprint density at radius 3 is 2.51 bits per heavy atom. The molecule has 1 aliphatic heterocycles. The van der Waals surface area contributed by atoms with E-state index in [1.165, 1.54) is 18.2 Å². The van der Waals surface area contributed by atoms with E-state index in [2.05, 4.69) is 16.0 Å². The van der Waals surface area contributed by atoms with Crippen molar-refractivity contribution < 1.29 is 14.5 Å². The summed E-state index contributed by atoms with van der Waals surface area (Å²) < 4.78 is 5.24. The minimum atomic E-state index is -0.785. The molecule has 1 heterocycles. The molecule has 1 amide bonds. The summed E-state index contributed by atoms with van der Waals surface area (Å²) in [5.41, 5.74) is 2.10. The van der Waals surface area contributed by atoms with Gasteiger partial charge < -0.3 is 20.7 Å². The first-order chi connectivity index (χ1) is 16.8. The molecule has 0 aliphatic carbocycles. The molecule has 3 aromatic carbocycles. The molecular weight excluding hydrogens is 511 g/mol. The molecule has 3 aromatic rings. The Labute approximate surface area is 216 Å². The summed E-state index contributed by atoms with van der Waals surface area (Å²) in [6.07, 6.45) is 0. The molecule has 0 radical (unpaired) electrons. The highest BCUT2D eigenvalue weighted by Crippen LogP contribution is 2.35. The van der Waals surface area contributed by atoms with Crippen LogP contribution in [0, 0.1) is 10.1 Å². The van der Waals surface area contributed by atoms with Crippen molar-refractivity contribution in [3.05, 3.63) is 104 Å². The number of hydrogen-bond donors (Lipinski definition) is 3. The minimum Gasteiger partial charge on any atom is -0.497 e. The second kappa shape index (κ2) is 10.3. The Balaban J connectivity index is 1.86. The van der Waals surface area contributed by atoms with Crippen molar-refractivity contribution >= 4 is 63.5 Å². The highest BCUT2D eigenvalue weighted by atomic mass is 35.5. The molecule has 1 unspecified atom stereocenters. The Kier molecular flexibility index (Phi) is 7.20. The summed E-state index contributed by atoms with van der Waals surface area (Å²) >= 11 is 17.7. The van der Waals surface area contributed by atoms with Gasteiger partial charge in [0.15, 0.2) is 5.11 Å². The zero-order valence-electron chi connectivity index (χ0n) is 18.2. The van der Waals surface area contributed by atoms with Crippen LogP contribution in [0.15, 0.2) is 72.3 Å². The molecule has 0 spiro atoms. The maximum Gasteiger partial charge on any atom is 0.269 e. The lowest BCUT2D eigenvalue weighted by Gasteiger charge is -2.31. The molecule has 0 saturated heterocycles. The number of non-ortho nitro benzene ring substituents is 1. The van der Waals surface area contributed by atoms with E-state index in [0.717, 1.165) is 0 Å². The maximum atomic E-state index is 13.7. The number of amides is 1. The Bertz CT molecular complexity index is 1360. The van der Waals surface area contributed by atoms with E-state index in [0.29, 0.717) is 33.3 Å². The summed E-state index contributed by atoms with van der Waals surface area (Å²) in [7, 11) is 1.55. The average Bonchev–Trinajstić information content (AvgIpc) is 2.85. The van der Waals surface area contributed by atoms with Crippen molar-refractivity contribution in [1.29, 1.82) is 0 Å². The molecule has 8 nitrogen and oxygen atoms in total. The number of nitrogens with zero attached hydrogens (tertiary/aromatic N) is 1. The SMILES string of the molecule is COc1ccc(C2=C(C(=O)Nc3ccc(Cl)cc3Cl)C(c3cccc([N+](=O)[O-])c3)NC(=S)N2)cc1. The number of benzene rings is 3. The first-order valence-corrected chi connectivity index (χ1v) is 11.4. The van der Waals surface area contributed by atoms with Crippen molar-refractivity contribution in [1.82, 2.24) is 10.6 Å². The van der Waals surface area contributed by atoms with Crippen LogP contribution in [0.25, 0.3) is 5.70 Å². The van der Waals surface area contributed by atoms with Gasteiger partial charge in [-0.3, -0.25) is 14.9 Å². The number of nitro groups is 1. The zero-order valence-corrected chi connectivity index (χ0v) is 20.5. The van der Waals surface area contributed by atoms with Gasteiger partial charge in [0.1, 0.15) is 5.75 Å². The van der Waals surface area contributed by atoms with E-state index in [9.17, 15) is 14.9 Å². The standard InChI is InChI=1S/C24H18Cl2N4O4S/c1-34-17-8-5-13(6-9-17)21-20(23(31)27-19-10-7-15(25)12-18(19)26)22(29-24(35)28-21)14-3-2-4-16(11-14)30(32)33/h2-12,22H,1H3,(H,27,31)(H2,28,29,35). The van der Waals surface area contributed by atoms with E-state index >= 15 is 0 Å². The van der Waals surface area contributed by atoms with E-state index in [-0.39, 0.29) is 21.4 Å². The van der Waals surface area contributed by atoms with Crippen LogP contribution in [0.5, 0.6) is 5.75 Å². The maximum absolute atomic E-state index is 13.7. The minimum absolute atomic E-state index is 0.111. The lowest BCUT2D eigenvalue weighted by atomic mass is 9.91. The van der Waals surface area contributed by atoms with Crippen LogP contribution in [0.4, 0.5) is 11.4 Å². The van der Waals surface area contributed by atoms with Crippen LogP contribution < -0.4 is 20.7 Å². The van der Waals surface area contributed by atoms with E-state index in [1.807, 2.05) is 0 Å². The summed E-state index contributed by atoms with van der Waals surface area (Å²) in [5.74, 6) is 0.152. The lowest BCUT2D eigenvalue weighted by molar-refractivity contribution is -0.384. The molecule has 35 heavy (non-hydrogen) atoms. The van der Waals surface area contributed by atoms with Gasteiger partial charge >= 0.3 is 0 Å². The number of carbonyl (C=O) groups is 1. The Morgan fingerprint density at radius 2 is 1.86 bits per heavy atom. The van der Waals surface area contributed by atoms with Gasteiger partial charge in [0.2, 0.25) is 0 Å². The van der Waals surface area contributed by atoms with Crippen molar-refractivity contribution in [2.75, 3.05) is 12.4 Å². The van der Waals surface area contributed by atoms with Gasteiger partial charge in [-0.2, -0.15) is 0 Å². The Morgan fingerprint density at radius 1 is 1.11 bits per heavy atom. The third-order valence-electron chi connectivity index (χ3n) is 5.29. The largest absolute Gasteiger partial charge is 0.497 e. The van der Waals surface area contributed by atoms with E-state index in [1.54, 1.807) is 55.6 Å². The molecule has 3 N–H and O–H groups in total. The highest BCUT2D eigenvalue weighted by molar-refractivity contribution is 7.80. The Hall–Kier alpha value is -3.66. The second-order valence-corrected chi connectivity index (χ2v) is 8.73. The van der Waals surface area contributed by atoms with Crippen LogP contribution in [-0.4, -0.2) is 23.1 Å². The van der Waals surface area contributed by atoms with Crippen molar-refractivity contribution in [2.45, 2.75) is 6.04 Å². The normalized spacial score (nSPS) is 15.2. The molecule has 178 valence electrons. The predicted molar refractivity (Wildman–Crippen MR) is 140 cm³/mol. The van der Waals surface area contributed by atoms with Crippen molar-refractivity contribution in [2.24, 2.45) is 0 Å². The van der Waals surface area contributed by atoms with Crippen LogP contribution in [-0.2, 0) is 4.79 Å². The monoisotopic (exact) mass is 528 g/mol. The van der Waals surface area contributed by atoms with Crippen LogP contribution in [0.1, 0.15) is 17.2 Å². The number of halogens is 2. The topological polar surface area (TPSA) is 106 Å². The molecule has 11 heteroatoms. The molecular formula is C24H18Cl2N4O4S. The first-order valence-electron chi connectivity index (χ1n) is 10.2. The average molecular weight is 529 g/mol. The zero-order chi connectivity index (χ0) is 25.1. The molecule has 0 bridgehead atoms. The molecule has 0 aromatic heterocycles. The van der Waals surface area contributed by atoms with Gasteiger partial charge in [0.25, 0.3) is 11.6 Å². The van der Waals surface area contributed by atoms with Gasteiger partial charge in [-0.05, 0) is 65.8 Å². The highest BCUT2D eigenvalue weighted by Gasteiger charge is 2.33. The number of nitrogens with one attached hydrogen (secondary N) is 3. The fourth-order valence-electron chi connectivity index (χ4n) is 3.64. The van der Waals surface area contributed by atoms with Crippen molar-refractivity contribution in [3.63, 3.8) is 0 Å². The second-order valence-electron chi connectivity index (χ2n) is 7.48. The van der Waals surface area contributed by atoms with Gasteiger partial charge in [-0.25, -0.2) is 0 Å². The van der Waals surface area contributed by atoms with Gasteiger partial charge in [0.05, 0.1) is 40.1 Å². The summed E-state index contributed by atoms with van der Waals surface area (Å²) in [4.78, 5) is 24.6. The quantitative estimate of drug-likeness (QED) is 0.221. The molecule has 1 aliphatic rings. The smallest absolute Gasteiger partial charge is 0.269 e. The predicted octanol–water partition coefficient (Wildman–Crippen LogP) is 5.48. The number of hydrogen-bond acceptors (Lipinski definition) is 5. The summed E-state index contributed by atoms with van der Waals surface area (Å²) in [5, 5.41) is 21.3. The first kappa shape index (κ1) is 24.5.